The third-order valence-corrected chi connectivity index (χ3v) is 8.63. The molecule has 0 fully saturated rings. The molecule has 0 aliphatic heterocycles. The first kappa shape index (κ1) is 21.4. The molecular formula is C38H26. The molecule has 5 aromatic rings. The van der Waals surface area contributed by atoms with E-state index in [1.807, 2.05) is 0 Å². The van der Waals surface area contributed by atoms with Crippen molar-refractivity contribution in [2.75, 3.05) is 0 Å². The van der Waals surface area contributed by atoms with Crippen LogP contribution in [0.1, 0.15) is 39.3 Å². The number of allylic oxidation sites excluding steroid dienone is 6. The van der Waals surface area contributed by atoms with Crippen LogP contribution < -0.4 is 0 Å². The van der Waals surface area contributed by atoms with Crippen molar-refractivity contribution in [3.63, 3.8) is 0 Å². The molecule has 0 nitrogen and oxygen atoms in total. The topological polar surface area (TPSA) is 0 Å². The van der Waals surface area contributed by atoms with Crippen LogP contribution in [0.4, 0.5) is 0 Å². The summed E-state index contributed by atoms with van der Waals surface area (Å²) in [6.45, 7) is 0. The van der Waals surface area contributed by atoms with Gasteiger partial charge in [-0.1, -0.05) is 152 Å². The van der Waals surface area contributed by atoms with Gasteiger partial charge in [-0.15, -0.1) is 0 Å². The van der Waals surface area contributed by atoms with E-state index < -0.39 is 5.41 Å². The molecule has 178 valence electrons. The van der Waals surface area contributed by atoms with E-state index in [0.717, 1.165) is 0 Å². The van der Waals surface area contributed by atoms with Crippen molar-refractivity contribution in [2.24, 2.45) is 0 Å². The van der Waals surface area contributed by atoms with Gasteiger partial charge in [-0.05, 0) is 61.2 Å². The zero-order valence-electron chi connectivity index (χ0n) is 21.0. The molecule has 0 heterocycles. The Kier molecular flexibility index (Phi) is 4.60. The molecule has 0 radical (unpaired) electrons. The first-order valence-electron chi connectivity index (χ1n) is 13.4. The molecule has 0 heteroatoms. The Morgan fingerprint density at radius 1 is 0.447 bits per heavy atom. The van der Waals surface area contributed by atoms with Crippen LogP contribution >= 0.6 is 0 Å². The van der Waals surface area contributed by atoms with E-state index in [-0.39, 0.29) is 5.92 Å². The van der Waals surface area contributed by atoms with Gasteiger partial charge in [-0.3, -0.25) is 0 Å². The van der Waals surface area contributed by atoms with Crippen molar-refractivity contribution in [1.29, 1.82) is 0 Å². The Balaban J connectivity index is 1.54. The highest BCUT2D eigenvalue weighted by atomic mass is 14.5. The maximum atomic E-state index is 2.43. The Morgan fingerprint density at radius 2 is 0.921 bits per heavy atom. The minimum absolute atomic E-state index is 0.169. The van der Waals surface area contributed by atoms with Gasteiger partial charge >= 0.3 is 0 Å². The molecule has 0 unspecified atom stereocenters. The van der Waals surface area contributed by atoms with Gasteiger partial charge in [-0.2, -0.15) is 0 Å². The lowest BCUT2D eigenvalue weighted by molar-refractivity contribution is 0.777. The average molecular weight is 483 g/mol. The summed E-state index contributed by atoms with van der Waals surface area (Å²) < 4.78 is 0. The lowest BCUT2D eigenvalue weighted by atomic mass is 9.63. The van der Waals surface area contributed by atoms with Crippen LogP contribution in [0.15, 0.2) is 157 Å². The number of hydrogen-bond donors (Lipinski definition) is 0. The van der Waals surface area contributed by atoms with Gasteiger partial charge in [-0.25, -0.2) is 0 Å². The highest BCUT2D eigenvalue weighted by molar-refractivity contribution is 6.08. The van der Waals surface area contributed by atoms with Crippen LogP contribution in [0.5, 0.6) is 0 Å². The first-order chi connectivity index (χ1) is 18.9. The average Bonchev–Trinajstić information content (AvgIpc) is 3.51. The summed E-state index contributed by atoms with van der Waals surface area (Å²) in [5.74, 6) is 0.169. The third-order valence-electron chi connectivity index (χ3n) is 8.63. The van der Waals surface area contributed by atoms with Crippen molar-refractivity contribution in [3.8, 4) is 11.1 Å². The largest absolute Gasteiger partial charge is 0.0652 e. The summed E-state index contributed by atoms with van der Waals surface area (Å²) in [6, 6.07) is 49.1. The maximum Gasteiger partial charge on any atom is 0.0644 e. The Labute approximate surface area is 223 Å². The second-order valence-electron chi connectivity index (χ2n) is 10.4. The molecule has 8 rings (SSSR count). The van der Waals surface area contributed by atoms with Crippen molar-refractivity contribution in [2.45, 2.75) is 11.3 Å². The monoisotopic (exact) mass is 482 g/mol. The second-order valence-corrected chi connectivity index (χ2v) is 10.4. The highest BCUT2D eigenvalue weighted by Crippen LogP contribution is 2.62. The molecule has 0 bridgehead atoms. The van der Waals surface area contributed by atoms with Crippen molar-refractivity contribution in [1.82, 2.24) is 0 Å². The fourth-order valence-corrected chi connectivity index (χ4v) is 7.15. The van der Waals surface area contributed by atoms with Crippen LogP contribution in [0, 0.1) is 0 Å². The van der Waals surface area contributed by atoms with Gasteiger partial charge in [0, 0.05) is 5.92 Å². The van der Waals surface area contributed by atoms with E-state index in [0.29, 0.717) is 0 Å². The van der Waals surface area contributed by atoms with Crippen LogP contribution in [-0.4, -0.2) is 0 Å². The summed E-state index contributed by atoms with van der Waals surface area (Å²) in [7, 11) is 0. The normalized spacial score (nSPS) is 16.5. The molecule has 0 atom stereocenters. The molecule has 0 spiro atoms. The van der Waals surface area contributed by atoms with Crippen molar-refractivity contribution in [3.05, 3.63) is 191 Å². The lowest BCUT2D eigenvalue weighted by Gasteiger charge is -2.38. The summed E-state index contributed by atoms with van der Waals surface area (Å²) in [5.41, 5.74) is 14.6. The predicted molar refractivity (Wildman–Crippen MR) is 158 cm³/mol. The maximum absolute atomic E-state index is 2.43. The number of rotatable bonds is 3. The lowest BCUT2D eigenvalue weighted by Crippen LogP contribution is -2.30. The van der Waals surface area contributed by atoms with E-state index in [1.54, 1.807) is 0 Å². The summed E-state index contributed by atoms with van der Waals surface area (Å²) in [5, 5.41) is 0. The number of hydrogen-bond acceptors (Lipinski definition) is 0. The molecule has 0 aromatic heterocycles. The molecule has 0 saturated heterocycles. The SMILES string of the molecule is C1=CC(c2ccccc2)(c2ccccc2)C2=C(C3c4ccccc4-c4ccccc43)c3ccccc3C2=C1. The minimum atomic E-state index is -0.395. The van der Waals surface area contributed by atoms with Gasteiger partial charge in [0.2, 0.25) is 0 Å². The summed E-state index contributed by atoms with van der Waals surface area (Å²) in [6.07, 6.45) is 7.03. The number of fused-ring (bicyclic) bond motifs is 6. The molecule has 3 aliphatic carbocycles. The zero-order valence-corrected chi connectivity index (χ0v) is 21.0. The van der Waals surface area contributed by atoms with Crippen LogP contribution in [0.25, 0.3) is 22.3 Å². The standard InChI is InChI=1S/C38H26/c1-3-14-26(15-4-1)38(27-16-5-2-6-17-27)25-13-24-34-30-20-9-12-23-33(30)36(37(34)38)35-31-21-10-7-18-28(31)29-19-8-11-22-32(29)35/h1-25,35H. The first-order valence-corrected chi connectivity index (χ1v) is 13.4. The molecule has 38 heavy (non-hydrogen) atoms. The van der Waals surface area contributed by atoms with Crippen LogP contribution in [0.3, 0.4) is 0 Å². The second kappa shape index (κ2) is 8.16. The molecule has 3 aliphatic rings. The van der Waals surface area contributed by atoms with E-state index in [2.05, 4.69) is 152 Å². The van der Waals surface area contributed by atoms with E-state index >= 15 is 0 Å². The van der Waals surface area contributed by atoms with E-state index in [4.69, 9.17) is 0 Å². The Hall–Kier alpha value is -4.68. The van der Waals surface area contributed by atoms with E-state index in [1.165, 1.54) is 61.2 Å². The molecule has 0 amide bonds. The van der Waals surface area contributed by atoms with Crippen LogP contribution in [0.2, 0.25) is 0 Å². The fraction of sp³-hybridized carbons (Fsp3) is 0.0526. The molecular weight excluding hydrogens is 456 g/mol. The zero-order chi connectivity index (χ0) is 25.1. The van der Waals surface area contributed by atoms with Crippen molar-refractivity contribution >= 4 is 11.1 Å². The Morgan fingerprint density at radius 3 is 1.50 bits per heavy atom. The highest BCUT2D eigenvalue weighted by Gasteiger charge is 2.47. The van der Waals surface area contributed by atoms with Gasteiger partial charge < -0.3 is 0 Å². The van der Waals surface area contributed by atoms with Crippen LogP contribution in [-0.2, 0) is 5.41 Å². The van der Waals surface area contributed by atoms with Gasteiger partial charge in [0.25, 0.3) is 0 Å². The number of benzene rings is 5. The van der Waals surface area contributed by atoms with Gasteiger partial charge in [0.1, 0.15) is 0 Å². The predicted octanol–water partition coefficient (Wildman–Crippen LogP) is 9.21. The summed E-state index contributed by atoms with van der Waals surface area (Å²) in [4.78, 5) is 0. The molecule has 0 saturated carbocycles. The minimum Gasteiger partial charge on any atom is -0.0652 e. The van der Waals surface area contributed by atoms with Gasteiger partial charge in [0.05, 0.1) is 5.41 Å². The Bertz CT molecular complexity index is 1710. The van der Waals surface area contributed by atoms with Crippen molar-refractivity contribution < 1.29 is 0 Å². The summed E-state index contributed by atoms with van der Waals surface area (Å²) >= 11 is 0. The smallest absolute Gasteiger partial charge is 0.0644 e. The quantitative estimate of drug-likeness (QED) is 0.240. The van der Waals surface area contributed by atoms with Gasteiger partial charge in [0.15, 0.2) is 0 Å². The fourth-order valence-electron chi connectivity index (χ4n) is 7.15. The third kappa shape index (κ3) is 2.80. The van der Waals surface area contributed by atoms with E-state index in [9.17, 15) is 0 Å². The molecule has 0 N–H and O–H groups in total. The molecule has 5 aromatic carbocycles.